The fraction of sp³-hybridized carbons (Fsp3) is 0.929. The fourth-order valence-corrected chi connectivity index (χ4v) is 1.60. The molecule has 0 heterocycles. The van der Waals surface area contributed by atoms with Gasteiger partial charge in [-0.2, -0.15) is 0 Å². The summed E-state index contributed by atoms with van der Waals surface area (Å²) in [5.41, 5.74) is 5.31. The zero-order valence-electron chi connectivity index (χ0n) is 13.4. The second-order valence-electron chi connectivity index (χ2n) is 4.89. The van der Waals surface area contributed by atoms with Gasteiger partial charge in [-0.05, 0) is 6.42 Å². The Hall–Kier alpha value is -0.730. The van der Waals surface area contributed by atoms with Gasteiger partial charge in [-0.15, -0.1) is 0 Å². The Bertz CT molecular complexity index is 252. The number of nitrogens with two attached hydrogens (primary N) is 1. The Balaban J connectivity index is 3.36. The molecule has 1 atom stereocenters. The first-order valence-corrected chi connectivity index (χ1v) is 7.35. The monoisotopic (exact) mass is 306 g/mol. The van der Waals surface area contributed by atoms with E-state index in [0.717, 1.165) is 0 Å². The van der Waals surface area contributed by atoms with Crippen LogP contribution in [0, 0.1) is 0 Å². The lowest BCUT2D eigenvalue weighted by atomic mass is 10.2. The molecule has 0 saturated heterocycles. The zero-order chi connectivity index (χ0) is 15.9. The van der Waals surface area contributed by atoms with Crippen molar-refractivity contribution in [1.29, 1.82) is 0 Å². The summed E-state index contributed by atoms with van der Waals surface area (Å²) in [4.78, 5) is 11.2. The predicted octanol–water partition coefficient (Wildman–Crippen LogP) is -0.0754. The summed E-state index contributed by atoms with van der Waals surface area (Å²) in [5.74, 6) is -0.350. The van der Waals surface area contributed by atoms with E-state index >= 15 is 0 Å². The summed E-state index contributed by atoms with van der Waals surface area (Å²) in [6, 6.07) is -0.135. The third kappa shape index (κ3) is 14.0. The van der Waals surface area contributed by atoms with Gasteiger partial charge in [0.05, 0.1) is 45.7 Å². The van der Waals surface area contributed by atoms with Gasteiger partial charge in [0.1, 0.15) is 0 Å². The number of ether oxygens (including phenoxy) is 4. The minimum atomic E-state index is -0.350. The summed E-state index contributed by atoms with van der Waals surface area (Å²) >= 11 is 0. The number of carbonyl (C=O) groups is 1. The summed E-state index contributed by atoms with van der Waals surface area (Å²) in [6.07, 6.45) is 0.563. The fourth-order valence-electron chi connectivity index (χ4n) is 1.60. The molecule has 21 heavy (non-hydrogen) atoms. The van der Waals surface area contributed by atoms with Gasteiger partial charge in [0.2, 0.25) is 5.91 Å². The normalized spacial score (nSPS) is 12.8. The molecule has 1 unspecified atom stereocenters. The van der Waals surface area contributed by atoms with Crippen LogP contribution in [-0.2, 0) is 23.7 Å². The van der Waals surface area contributed by atoms with E-state index in [2.05, 4.69) is 5.32 Å². The van der Waals surface area contributed by atoms with Gasteiger partial charge in [0, 0.05) is 19.8 Å². The van der Waals surface area contributed by atoms with Crippen molar-refractivity contribution in [2.75, 3.05) is 53.4 Å². The molecule has 0 aromatic rings. The molecule has 7 heteroatoms. The van der Waals surface area contributed by atoms with Gasteiger partial charge in [0.25, 0.3) is 0 Å². The molecule has 0 spiro atoms. The molecule has 0 aliphatic rings. The standard InChI is InChI=1S/C14H30N2O5/c1-12(2)16-13(14(15)17)4-5-19-8-9-21-11-10-20-7-6-18-3/h12-13,16H,4-11H2,1-3H3,(H2,15,17). The molecule has 7 nitrogen and oxygen atoms in total. The molecule has 0 saturated carbocycles. The van der Waals surface area contributed by atoms with Crippen LogP contribution >= 0.6 is 0 Å². The summed E-state index contributed by atoms with van der Waals surface area (Å²) in [5, 5.41) is 3.10. The van der Waals surface area contributed by atoms with Crippen molar-refractivity contribution in [2.45, 2.75) is 32.4 Å². The van der Waals surface area contributed by atoms with Crippen LogP contribution in [0.25, 0.3) is 0 Å². The van der Waals surface area contributed by atoms with Gasteiger partial charge >= 0.3 is 0 Å². The lowest BCUT2D eigenvalue weighted by Gasteiger charge is -2.18. The highest BCUT2D eigenvalue weighted by Crippen LogP contribution is 1.95. The Morgan fingerprint density at radius 2 is 1.43 bits per heavy atom. The first kappa shape index (κ1) is 20.3. The van der Waals surface area contributed by atoms with E-state index in [1.807, 2.05) is 13.8 Å². The molecule has 0 aromatic heterocycles. The van der Waals surface area contributed by atoms with Crippen LogP contribution in [0.2, 0.25) is 0 Å². The van der Waals surface area contributed by atoms with Crippen LogP contribution < -0.4 is 11.1 Å². The van der Waals surface area contributed by atoms with E-state index in [1.165, 1.54) is 0 Å². The van der Waals surface area contributed by atoms with E-state index in [9.17, 15) is 4.79 Å². The lowest BCUT2D eigenvalue weighted by Crippen LogP contribution is -2.45. The zero-order valence-corrected chi connectivity index (χ0v) is 13.4. The van der Waals surface area contributed by atoms with E-state index < -0.39 is 0 Å². The van der Waals surface area contributed by atoms with Crippen LogP contribution in [0.4, 0.5) is 0 Å². The van der Waals surface area contributed by atoms with Crippen molar-refractivity contribution in [3.63, 3.8) is 0 Å². The molecule has 0 radical (unpaired) electrons. The maximum Gasteiger partial charge on any atom is 0.234 e. The van der Waals surface area contributed by atoms with Crippen molar-refractivity contribution in [1.82, 2.24) is 5.32 Å². The molecule has 0 aromatic carbocycles. The van der Waals surface area contributed by atoms with Gasteiger partial charge in [-0.25, -0.2) is 0 Å². The van der Waals surface area contributed by atoms with Gasteiger partial charge in [0.15, 0.2) is 0 Å². The Labute approximate surface area is 127 Å². The maximum absolute atomic E-state index is 11.2. The Morgan fingerprint density at radius 1 is 0.952 bits per heavy atom. The molecule has 0 bridgehead atoms. The average molecular weight is 306 g/mol. The third-order valence-electron chi connectivity index (χ3n) is 2.60. The SMILES string of the molecule is COCCOCCOCCOCCC(NC(C)C)C(N)=O. The molecule has 3 N–H and O–H groups in total. The largest absolute Gasteiger partial charge is 0.382 e. The topological polar surface area (TPSA) is 92.0 Å². The summed E-state index contributed by atoms with van der Waals surface area (Å²) in [7, 11) is 1.64. The quantitative estimate of drug-likeness (QED) is 0.411. The third-order valence-corrected chi connectivity index (χ3v) is 2.60. The van der Waals surface area contributed by atoms with Gasteiger partial charge < -0.3 is 30.0 Å². The minimum Gasteiger partial charge on any atom is -0.382 e. The van der Waals surface area contributed by atoms with Crippen LogP contribution in [0.15, 0.2) is 0 Å². The summed E-state index contributed by atoms with van der Waals surface area (Å²) in [6.45, 7) is 7.66. The number of hydrogen-bond acceptors (Lipinski definition) is 6. The second-order valence-corrected chi connectivity index (χ2v) is 4.89. The molecular weight excluding hydrogens is 276 g/mol. The Kier molecular flexibility index (Phi) is 13.7. The number of amides is 1. The first-order valence-electron chi connectivity index (χ1n) is 7.35. The number of hydrogen-bond donors (Lipinski definition) is 2. The smallest absolute Gasteiger partial charge is 0.234 e. The average Bonchev–Trinajstić information content (AvgIpc) is 2.42. The Morgan fingerprint density at radius 3 is 1.86 bits per heavy atom. The molecular formula is C14H30N2O5. The van der Waals surface area contributed by atoms with E-state index in [-0.39, 0.29) is 18.0 Å². The highest BCUT2D eigenvalue weighted by Gasteiger charge is 2.15. The molecule has 0 rings (SSSR count). The van der Waals surface area contributed by atoms with Crippen LogP contribution in [0.3, 0.4) is 0 Å². The molecule has 0 aliphatic heterocycles. The van der Waals surface area contributed by atoms with Crippen molar-refractivity contribution in [3.05, 3.63) is 0 Å². The van der Waals surface area contributed by atoms with Crippen LogP contribution in [0.1, 0.15) is 20.3 Å². The van der Waals surface area contributed by atoms with Crippen molar-refractivity contribution in [2.24, 2.45) is 5.73 Å². The van der Waals surface area contributed by atoms with Gasteiger partial charge in [-0.1, -0.05) is 13.8 Å². The molecule has 0 fully saturated rings. The molecule has 126 valence electrons. The van der Waals surface area contributed by atoms with Crippen LogP contribution in [0.5, 0.6) is 0 Å². The number of rotatable bonds is 15. The molecule has 0 aliphatic carbocycles. The van der Waals surface area contributed by atoms with Crippen molar-refractivity contribution < 1.29 is 23.7 Å². The number of nitrogens with one attached hydrogen (secondary N) is 1. The summed E-state index contributed by atoms with van der Waals surface area (Å²) < 4.78 is 20.8. The van der Waals surface area contributed by atoms with Crippen molar-refractivity contribution in [3.8, 4) is 0 Å². The van der Waals surface area contributed by atoms with E-state index in [0.29, 0.717) is 52.7 Å². The number of methoxy groups -OCH3 is 1. The molecule has 1 amide bonds. The highest BCUT2D eigenvalue weighted by atomic mass is 16.6. The second kappa shape index (κ2) is 14.2. The lowest BCUT2D eigenvalue weighted by molar-refractivity contribution is -0.120. The predicted molar refractivity (Wildman–Crippen MR) is 80.2 cm³/mol. The van der Waals surface area contributed by atoms with Gasteiger partial charge in [-0.3, -0.25) is 4.79 Å². The first-order chi connectivity index (χ1) is 10.1. The van der Waals surface area contributed by atoms with E-state index in [1.54, 1.807) is 7.11 Å². The highest BCUT2D eigenvalue weighted by molar-refractivity contribution is 5.79. The van der Waals surface area contributed by atoms with Crippen molar-refractivity contribution >= 4 is 5.91 Å². The number of primary amides is 1. The number of carbonyl (C=O) groups excluding carboxylic acids is 1. The minimum absolute atomic E-state index is 0.212. The van der Waals surface area contributed by atoms with Crippen LogP contribution in [-0.4, -0.2) is 71.3 Å². The van der Waals surface area contributed by atoms with E-state index in [4.69, 9.17) is 24.7 Å². The maximum atomic E-state index is 11.2.